The summed E-state index contributed by atoms with van der Waals surface area (Å²) in [5, 5.41) is 3.84. The highest BCUT2D eigenvalue weighted by Crippen LogP contribution is 2.27. The van der Waals surface area contributed by atoms with Crippen molar-refractivity contribution >= 4 is 28.7 Å². The second kappa shape index (κ2) is 6.31. The van der Waals surface area contributed by atoms with Crippen molar-refractivity contribution in [1.29, 1.82) is 0 Å². The molecule has 0 heterocycles. The summed E-state index contributed by atoms with van der Waals surface area (Å²) in [5.74, 6) is 0.742. The maximum Gasteiger partial charge on any atom is 0.188 e. The van der Waals surface area contributed by atoms with Crippen LogP contribution in [0.5, 0.6) is 5.75 Å². The molecule has 0 saturated heterocycles. The van der Waals surface area contributed by atoms with Crippen LogP contribution >= 0.6 is 11.6 Å². The minimum absolute atomic E-state index is 0.230. The van der Waals surface area contributed by atoms with Crippen LogP contribution in [0, 0.1) is 0 Å². The lowest BCUT2D eigenvalue weighted by atomic mass is 10.2. The van der Waals surface area contributed by atoms with Gasteiger partial charge in [-0.2, -0.15) is 0 Å². The van der Waals surface area contributed by atoms with Gasteiger partial charge in [-0.1, -0.05) is 11.6 Å². The molecule has 2 aromatic rings. The highest BCUT2D eigenvalue weighted by atomic mass is 35.5. The standard InChI is InChI=1S/C14H15ClN2O2/c1-18-9-19-12-5-3-11(4-6-12)17-14-8-10(15)2-7-13(14)16/h2-8,17H,9,16H2,1H3. The lowest BCUT2D eigenvalue weighted by molar-refractivity contribution is 0.0511. The summed E-state index contributed by atoms with van der Waals surface area (Å²) in [5.41, 5.74) is 8.19. The van der Waals surface area contributed by atoms with Crippen molar-refractivity contribution in [2.45, 2.75) is 0 Å². The van der Waals surface area contributed by atoms with E-state index in [0.29, 0.717) is 10.7 Å². The molecule has 0 spiro atoms. The van der Waals surface area contributed by atoms with Gasteiger partial charge in [-0.25, -0.2) is 0 Å². The Labute approximate surface area is 117 Å². The number of methoxy groups -OCH3 is 1. The molecule has 5 heteroatoms. The van der Waals surface area contributed by atoms with E-state index in [9.17, 15) is 0 Å². The van der Waals surface area contributed by atoms with Crippen LogP contribution in [0.3, 0.4) is 0 Å². The first-order valence-electron chi connectivity index (χ1n) is 5.73. The van der Waals surface area contributed by atoms with Crippen LogP contribution in [-0.4, -0.2) is 13.9 Å². The van der Waals surface area contributed by atoms with Gasteiger partial charge in [0.05, 0.1) is 11.4 Å². The number of halogens is 1. The van der Waals surface area contributed by atoms with Gasteiger partial charge in [0.25, 0.3) is 0 Å². The van der Waals surface area contributed by atoms with Gasteiger partial charge < -0.3 is 20.5 Å². The molecular formula is C14H15ClN2O2. The monoisotopic (exact) mass is 278 g/mol. The average molecular weight is 279 g/mol. The molecule has 0 fully saturated rings. The number of rotatable bonds is 5. The van der Waals surface area contributed by atoms with Gasteiger partial charge in [-0.15, -0.1) is 0 Å². The van der Waals surface area contributed by atoms with Crippen molar-refractivity contribution < 1.29 is 9.47 Å². The summed E-state index contributed by atoms with van der Waals surface area (Å²) in [7, 11) is 1.58. The first kappa shape index (κ1) is 13.5. The fourth-order valence-corrected chi connectivity index (χ4v) is 1.73. The number of nitrogens with one attached hydrogen (secondary N) is 1. The number of anilines is 3. The van der Waals surface area contributed by atoms with E-state index in [1.807, 2.05) is 24.3 Å². The Bertz CT molecular complexity index is 544. The molecule has 100 valence electrons. The number of nitrogens with two attached hydrogens (primary N) is 1. The van der Waals surface area contributed by atoms with Gasteiger partial charge in [0.2, 0.25) is 0 Å². The van der Waals surface area contributed by atoms with E-state index in [1.165, 1.54) is 0 Å². The Balaban J connectivity index is 2.08. The van der Waals surface area contributed by atoms with Crippen LogP contribution in [0.4, 0.5) is 17.1 Å². The van der Waals surface area contributed by atoms with Crippen molar-refractivity contribution in [3.05, 3.63) is 47.5 Å². The van der Waals surface area contributed by atoms with Crippen LogP contribution in [0.2, 0.25) is 5.02 Å². The number of ether oxygens (including phenoxy) is 2. The van der Waals surface area contributed by atoms with E-state index in [-0.39, 0.29) is 6.79 Å². The Kier molecular flexibility index (Phi) is 4.49. The van der Waals surface area contributed by atoms with E-state index in [4.69, 9.17) is 26.8 Å². The topological polar surface area (TPSA) is 56.5 Å². The van der Waals surface area contributed by atoms with E-state index in [0.717, 1.165) is 17.1 Å². The van der Waals surface area contributed by atoms with Crippen molar-refractivity contribution in [2.24, 2.45) is 0 Å². The lowest BCUT2D eigenvalue weighted by Crippen LogP contribution is -1.99. The summed E-state index contributed by atoms with van der Waals surface area (Å²) in [4.78, 5) is 0. The molecule has 0 aromatic heterocycles. The zero-order chi connectivity index (χ0) is 13.7. The van der Waals surface area contributed by atoms with Crippen LogP contribution in [0.25, 0.3) is 0 Å². The predicted molar refractivity (Wildman–Crippen MR) is 78.1 cm³/mol. The van der Waals surface area contributed by atoms with Crippen LogP contribution < -0.4 is 15.8 Å². The quantitative estimate of drug-likeness (QED) is 0.647. The third-order valence-corrected chi connectivity index (χ3v) is 2.73. The highest BCUT2D eigenvalue weighted by molar-refractivity contribution is 6.31. The van der Waals surface area contributed by atoms with Gasteiger partial charge >= 0.3 is 0 Å². The molecule has 0 unspecified atom stereocenters. The minimum Gasteiger partial charge on any atom is -0.468 e. The average Bonchev–Trinajstić information content (AvgIpc) is 2.42. The van der Waals surface area contributed by atoms with Gasteiger partial charge in [-0.05, 0) is 42.5 Å². The number of nitrogen functional groups attached to an aromatic ring is 1. The molecule has 0 amide bonds. The van der Waals surface area contributed by atoms with Crippen LogP contribution in [0.15, 0.2) is 42.5 Å². The molecule has 3 N–H and O–H groups in total. The predicted octanol–water partition coefficient (Wildman–Crippen LogP) is 3.65. The Morgan fingerprint density at radius 1 is 1.16 bits per heavy atom. The zero-order valence-corrected chi connectivity index (χ0v) is 11.3. The van der Waals surface area contributed by atoms with Crippen molar-refractivity contribution in [3.63, 3.8) is 0 Å². The molecule has 0 saturated carbocycles. The van der Waals surface area contributed by atoms with E-state index >= 15 is 0 Å². The fourth-order valence-electron chi connectivity index (χ4n) is 1.55. The number of hydrogen-bond donors (Lipinski definition) is 2. The minimum atomic E-state index is 0.230. The molecule has 0 aliphatic carbocycles. The largest absolute Gasteiger partial charge is 0.468 e. The molecule has 4 nitrogen and oxygen atoms in total. The summed E-state index contributed by atoms with van der Waals surface area (Å²) in [6.45, 7) is 0.230. The summed E-state index contributed by atoms with van der Waals surface area (Å²) >= 11 is 5.94. The molecule has 2 rings (SSSR count). The SMILES string of the molecule is COCOc1ccc(Nc2cc(Cl)ccc2N)cc1. The second-order valence-corrected chi connectivity index (χ2v) is 4.37. The summed E-state index contributed by atoms with van der Waals surface area (Å²) in [6.07, 6.45) is 0. The van der Waals surface area contributed by atoms with E-state index < -0.39 is 0 Å². The molecule has 0 atom stereocenters. The first-order chi connectivity index (χ1) is 9.19. The number of hydrogen-bond acceptors (Lipinski definition) is 4. The first-order valence-corrected chi connectivity index (χ1v) is 6.10. The second-order valence-electron chi connectivity index (χ2n) is 3.93. The van der Waals surface area contributed by atoms with Crippen molar-refractivity contribution in [3.8, 4) is 5.75 Å². The summed E-state index contributed by atoms with van der Waals surface area (Å²) < 4.78 is 10.1. The van der Waals surface area contributed by atoms with Gasteiger partial charge in [0, 0.05) is 17.8 Å². The third kappa shape index (κ3) is 3.77. The maximum absolute atomic E-state index is 5.94. The molecule has 0 bridgehead atoms. The van der Waals surface area contributed by atoms with Crippen molar-refractivity contribution in [1.82, 2.24) is 0 Å². The zero-order valence-electron chi connectivity index (χ0n) is 10.5. The van der Waals surface area contributed by atoms with Crippen molar-refractivity contribution in [2.75, 3.05) is 25.0 Å². The Hall–Kier alpha value is -1.91. The molecule has 0 aliphatic rings. The Morgan fingerprint density at radius 3 is 2.58 bits per heavy atom. The molecule has 0 radical (unpaired) electrons. The van der Waals surface area contributed by atoms with Crippen LogP contribution in [0.1, 0.15) is 0 Å². The summed E-state index contributed by atoms with van der Waals surface area (Å²) in [6, 6.07) is 12.8. The third-order valence-electron chi connectivity index (χ3n) is 2.49. The lowest BCUT2D eigenvalue weighted by Gasteiger charge is -2.10. The van der Waals surface area contributed by atoms with Crippen LogP contribution in [-0.2, 0) is 4.74 Å². The number of benzene rings is 2. The van der Waals surface area contributed by atoms with Gasteiger partial charge in [0.15, 0.2) is 6.79 Å². The highest BCUT2D eigenvalue weighted by Gasteiger charge is 2.01. The molecule has 19 heavy (non-hydrogen) atoms. The molecular weight excluding hydrogens is 264 g/mol. The van der Waals surface area contributed by atoms with Gasteiger partial charge in [-0.3, -0.25) is 0 Å². The fraction of sp³-hybridized carbons (Fsp3) is 0.143. The molecule has 0 aliphatic heterocycles. The smallest absolute Gasteiger partial charge is 0.188 e. The maximum atomic E-state index is 5.94. The normalized spacial score (nSPS) is 10.2. The molecule has 2 aromatic carbocycles. The van der Waals surface area contributed by atoms with Gasteiger partial charge in [0.1, 0.15) is 5.75 Å². The Morgan fingerprint density at radius 2 is 1.89 bits per heavy atom. The van der Waals surface area contributed by atoms with E-state index in [1.54, 1.807) is 25.3 Å². The van der Waals surface area contributed by atoms with E-state index in [2.05, 4.69) is 5.32 Å².